The summed E-state index contributed by atoms with van der Waals surface area (Å²) >= 11 is 1.64. The monoisotopic (exact) mass is 463 g/mol. The number of pyridine rings is 1. The van der Waals surface area contributed by atoms with Crippen LogP contribution in [0.5, 0.6) is 0 Å². The Kier molecular flexibility index (Phi) is 7.17. The highest BCUT2D eigenvalue weighted by Crippen LogP contribution is 2.30. The second kappa shape index (κ2) is 10.6. The molecule has 0 radical (unpaired) electrons. The molecule has 5 rings (SSSR count). The zero-order valence-electron chi connectivity index (χ0n) is 19.2. The Morgan fingerprint density at radius 1 is 1.00 bits per heavy atom. The molecule has 1 aromatic carbocycles. The van der Waals surface area contributed by atoms with Crippen LogP contribution >= 0.6 is 11.3 Å². The molecule has 6 nitrogen and oxygen atoms in total. The van der Waals surface area contributed by atoms with Crippen molar-refractivity contribution in [3.8, 4) is 0 Å². The minimum Gasteiger partial charge on any atom is -0.355 e. The van der Waals surface area contributed by atoms with Gasteiger partial charge in [0.15, 0.2) is 5.13 Å². The molecule has 0 unspecified atom stereocenters. The van der Waals surface area contributed by atoms with E-state index in [2.05, 4.69) is 50.4 Å². The maximum Gasteiger partial charge on any atom is 0.223 e. The van der Waals surface area contributed by atoms with E-state index in [1.807, 2.05) is 18.3 Å². The van der Waals surface area contributed by atoms with E-state index in [-0.39, 0.29) is 11.8 Å². The molecule has 3 aromatic rings. The van der Waals surface area contributed by atoms with Gasteiger partial charge in [-0.25, -0.2) is 9.97 Å². The predicted octanol–water partition coefficient (Wildman–Crippen LogP) is 3.98. The third kappa shape index (κ3) is 5.71. The SMILES string of the molecule is O=C(NCCN1CCC(Cc2ccccc2)CC1)C1CCN(c2nc3cccnc3s2)CC1. The van der Waals surface area contributed by atoms with E-state index in [1.54, 1.807) is 11.3 Å². The Bertz CT molecular complexity index is 1010. The zero-order valence-corrected chi connectivity index (χ0v) is 20.0. The molecule has 174 valence electrons. The summed E-state index contributed by atoms with van der Waals surface area (Å²) in [5.41, 5.74) is 2.41. The van der Waals surface area contributed by atoms with E-state index in [0.29, 0.717) is 0 Å². The van der Waals surface area contributed by atoms with Crippen molar-refractivity contribution in [1.29, 1.82) is 0 Å². The van der Waals surface area contributed by atoms with Crippen molar-refractivity contribution in [2.45, 2.75) is 32.1 Å². The number of nitrogens with zero attached hydrogens (tertiary/aromatic N) is 4. The molecule has 2 saturated heterocycles. The van der Waals surface area contributed by atoms with Crippen LogP contribution in [0.3, 0.4) is 0 Å². The first-order valence-electron chi connectivity index (χ1n) is 12.2. The van der Waals surface area contributed by atoms with Crippen molar-refractivity contribution in [3.05, 3.63) is 54.2 Å². The number of anilines is 1. The molecule has 4 heterocycles. The second-order valence-electron chi connectivity index (χ2n) is 9.35. The second-order valence-corrected chi connectivity index (χ2v) is 10.3. The van der Waals surface area contributed by atoms with Crippen LogP contribution in [0.4, 0.5) is 5.13 Å². The molecule has 2 aliphatic rings. The van der Waals surface area contributed by atoms with Gasteiger partial charge >= 0.3 is 0 Å². The van der Waals surface area contributed by atoms with Gasteiger partial charge in [0, 0.05) is 38.3 Å². The van der Waals surface area contributed by atoms with Gasteiger partial charge in [-0.1, -0.05) is 41.7 Å². The summed E-state index contributed by atoms with van der Waals surface area (Å²) in [6, 6.07) is 14.8. The van der Waals surface area contributed by atoms with E-state index >= 15 is 0 Å². The van der Waals surface area contributed by atoms with Gasteiger partial charge in [0.1, 0.15) is 10.3 Å². The number of amides is 1. The van der Waals surface area contributed by atoms with Crippen molar-refractivity contribution in [1.82, 2.24) is 20.2 Å². The fraction of sp³-hybridized carbons (Fsp3) is 0.500. The molecule has 1 amide bonds. The smallest absolute Gasteiger partial charge is 0.223 e. The normalized spacial score (nSPS) is 18.6. The molecule has 7 heteroatoms. The van der Waals surface area contributed by atoms with E-state index < -0.39 is 0 Å². The Hall–Kier alpha value is -2.51. The first-order chi connectivity index (χ1) is 16.2. The average Bonchev–Trinajstić information content (AvgIpc) is 3.30. The van der Waals surface area contributed by atoms with Crippen molar-refractivity contribution in [2.24, 2.45) is 11.8 Å². The molecule has 33 heavy (non-hydrogen) atoms. The van der Waals surface area contributed by atoms with E-state index in [9.17, 15) is 4.79 Å². The largest absolute Gasteiger partial charge is 0.355 e. The van der Waals surface area contributed by atoms with Gasteiger partial charge in [0.2, 0.25) is 5.91 Å². The summed E-state index contributed by atoms with van der Waals surface area (Å²) < 4.78 is 0. The van der Waals surface area contributed by atoms with E-state index in [4.69, 9.17) is 4.98 Å². The Balaban J connectivity index is 0.997. The molecular formula is C26H33N5OS. The number of fused-ring (bicyclic) bond motifs is 1. The minimum absolute atomic E-state index is 0.116. The number of rotatable bonds is 7. The van der Waals surface area contributed by atoms with Crippen LogP contribution in [0, 0.1) is 11.8 Å². The van der Waals surface area contributed by atoms with Crippen LogP contribution in [-0.2, 0) is 11.2 Å². The van der Waals surface area contributed by atoms with Crippen molar-refractivity contribution >= 4 is 32.7 Å². The van der Waals surface area contributed by atoms with Crippen LogP contribution < -0.4 is 10.2 Å². The van der Waals surface area contributed by atoms with Gasteiger partial charge in [-0.15, -0.1) is 0 Å². The lowest BCUT2D eigenvalue weighted by Crippen LogP contribution is -2.44. The number of carbonyl (C=O) groups excluding carboxylic acids is 1. The lowest BCUT2D eigenvalue weighted by atomic mass is 9.90. The number of piperidine rings is 2. The molecule has 0 aliphatic carbocycles. The lowest BCUT2D eigenvalue weighted by molar-refractivity contribution is -0.125. The predicted molar refractivity (Wildman–Crippen MR) is 135 cm³/mol. The number of benzene rings is 1. The molecule has 2 aliphatic heterocycles. The fourth-order valence-corrected chi connectivity index (χ4v) is 6.03. The molecule has 1 N–H and O–H groups in total. The number of thiazole rings is 1. The molecule has 0 atom stereocenters. The zero-order chi connectivity index (χ0) is 22.5. The number of carbonyl (C=O) groups is 1. The first kappa shape index (κ1) is 22.3. The van der Waals surface area contributed by atoms with Crippen molar-refractivity contribution < 1.29 is 4.79 Å². The van der Waals surface area contributed by atoms with Crippen LogP contribution in [0.1, 0.15) is 31.2 Å². The summed E-state index contributed by atoms with van der Waals surface area (Å²) in [5.74, 6) is 1.12. The fourth-order valence-electron chi connectivity index (χ4n) is 5.07. The molecule has 2 aromatic heterocycles. The highest BCUT2D eigenvalue weighted by atomic mass is 32.1. The Labute approximate surface area is 200 Å². The van der Waals surface area contributed by atoms with Gasteiger partial charge in [-0.3, -0.25) is 4.79 Å². The Morgan fingerprint density at radius 2 is 1.79 bits per heavy atom. The van der Waals surface area contributed by atoms with Gasteiger partial charge in [-0.2, -0.15) is 0 Å². The quantitative estimate of drug-likeness (QED) is 0.574. The lowest BCUT2D eigenvalue weighted by Gasteiger charge is -2.33. The van der Waals surface area contributed by atoms with E-state index in [1.165, 1.54) is 24.8 Å². The highest BCUT2D eigenvalue weighted by Gasteiger charge is 2.27. The van der Waals surface area contributed by atoms with Gasteiger partial charge in [0.05, 0.1) is 0 Å². The first-order valence-corrected chi connectivity index (χ1v) is 13.1. The third-order valence-corrected chi connectivity index (χ3v) is 8.13. The van der Waals surface area contributed by atoms with Crippen LogP contribution in [0.15, 0.2) is 48.7 Å². The standard InChI is InChI=1S/C26H33N5OS/c32-24(22-10-16-31(17-11-22)26-29-23-7-4-12-28-25(23)33-26)27-13-18-30-14-8-21(9-15-30)19-20-5-2-1-3-6-20/h1-7,12,21-22H,8-11,13-19H2,(H,27,32). The number of hydrogen-bond acceptors (Lipinski definition) is 6. The van der Waals surface area contributed by atoms with Crippen molar-refractivity contribution in [3.63, 3.8) is 0 Å². The number of nitrogens with one attached hydrogen (secondary N) is 1. The van der Waals surface area contributed by atoms with Crippen molar-refractivity contribution in [2.75, 3.05) is 44.2 Å². The van der Waals surface area contributed by atoms with Crippen LogP contribution in [0.2, 0.25) is 0 Å². The topological polar surface area (TPSA) is 61.4 Å². The van der Waals surface area contributed by atoms with Crippen LogP contribution in [-0.4, -0.2) is 60.0 Å². The third-order valence-electron chi connectivity index (χ3n) is 7.09. The summed E-state index contributed by atoms with van der Waals surface area (Å²) in [6.07, 6.45) is 7.29. The number of likely N-dealkylation sites (tertiary alicyclic amines) is 1. The average molecular weight is 464 g/mol. The Morgan fingerprint density at radius 3 is 2.55 bits per heavy atom. The van der Waals surface area contributed by atoms with E-state index in [0.717, 1.165) is 73.5 Å². The molecule has 0 spiro atoms. The maximum atomic E-state index is 12.7. The number of aromatic nitrogens is 2. The molecule has 0 saturated carbocycles. The molecule has 0 bridgehead atoms. The molecule has 2 fully saturated rings. The molecular weight excluding hydrogens is 430 g/mol. The van der Waals surface area contributed by atoms with Gasteiger partial charge in [-0.05, 0) is 68.8 Å². The minimum atomic E-state index is 0.116. The maximum absolute atomic E-state index is 12.7. The summed E-state index contributed by atoms with van der Waals surface area (Å²) in [5, 5.41) is 4.23. The highest BCUT2D eigenvalue weighted by molar-refractivity contribution is 7.21. The van der Waals surface area contributed by atoms with Crippen LogP contribution in [0.25, 0.3) is 10.3 Å². The summed E-state index contributed by atoms with van der Waals surface area (Å²) in [7, 11) is 0. The summed E-state index contributed by atoms with van der Waals surface area (Å²) in [4.78, 5) is 27.6. The number of hydrogen-bond donors (Lipinski definition) is 1. The van der Waals surface area contributed by atoms with Gasteiger partial charge < -0.3 is 15.1 Å². The van der Waals surface area contributed by atoms with Gasteiger partial charge in [0.25, 0.3) is 0 Å². The summed E-state index contributed by atoms with van der Waals surface area (Å²) in [6.45, 7) is 5.76.